The summed E-state index contributed by atoms with van der Waals surface area (Å²) in [6.07, 6.45) is 2.23. The average Bonchev–Trinajstić information content (AvgIpc) is 3.48. The van der Waals surface area contributed by atoms with Crippen LogP contribution in [0, 0.1) is 5.82 Å². The Morgan fingerprint density at radius 2 is 1.72 bits per heavy atom. The molecule has 1 heterocycles. The summed E-state index contributed by atoms with van der Waals surface area (Å²) >= 11 is 1.53. The molecule has 0 saturated heterocycles. The van der Waals surface area contributed by atoms with Gasteiger partial charge in [-0.3, -0.25) is 4.79 Å². The Morgan fingerprint density at radius 1 is 0.953 bits per heavy atom. The van der Waals surface area contributed by atoms with Gasteiger partial charge in [-0.05, 0) is 94.4 Å². The van der Waals surface area contributed by atoms with Crippen LogP contribution in [0.2, 0.25) is 0 Å². The van der Waals surface area contributed by atoms with E-state index in [1.165, 1.54) is 23.9 Å². The number of hydrogen-bond donors (Lipinski definition) is 2. The minimum Gasteiger partial charge on any atom is -1.00 e. The van der Waals surface area contributed by atoms with Gasteiger partial charge in [0.25, 0.3) is 5.91 Å². The fourth-order valence-corrected chi connectivity index (χ4v) is 5.26. The number of halogens is 1. The van der Waals surface area contributed by atoms with Crippen LogP contribution in [-0.4, -0.2) is 35.0 Å². The molecule has 0 spiro atoms. The third-order valence-corrected chi connectivity index (χ3v) is 7.57. The first kappa shape index (κ1) is 32.1. The van der Waals surface area contributed by atoms with Gasteiger partial charge in [0.05, 0.1) is 6.61 Å². The molecule has 1 aromatic heterocycles. The maximum atomic E-state index is 13.5. The Balaban J connectivity index is 0.00000264. The fraction of sp³-hybridized carbons (Fsp3) is 0.176. The van der Waals surface area contributed by atoms with Gasteiger partial charge in [0, 0.05) is 11.1 Å². The summed E-state index contributed by atoms with van der Waals surface area (Å²) in [5.74, 6) is 0.0593. The normalized spacial score (nSPS) is 11.6. The summed E-state index contributed by atoms with van der Waals surface area (Å²) in [6.45, 7) is 0.487. The van der Waals surface area contributed by atoms with E-state index in [4.69, 9.17) is 9.15 Å². The first-order chi connectivity index (χ1) is 20.4. The van der Waals surface area contributed by atoms with E-state index in [2.05, 4.69) is 5.32 Å². The van der Waals surface area contributed by atoms with Gasteiger partial charge in [0.2, 0.25) is 0 Å². The molecule has 216 valence electrons. The Kier molecular flexibility index (Phi) is 11.3. The number of nitrogens with one attached hydrogen (secondary N) is 1. The van der Waals surface area contributed by atoms with E-state index >= 15 is 0 Å². The predicted octanol–water partition coefficient (Wildman–Crippen LogP) is 4.68. The monoisotopic (exact) mass is 591 g/mol. The molecule has 0 aliphatic rings. The van der Waals surface area contributed by atoms with Crippen LogP contribution in [0.4, 0.5) is 4.39 Å². The topological polar surface area (TPSA) is 88.8 Å². The molecule has 1 amide bonds. The van der Waals surface area contributed by atoms with E-state index in [0.717, 1.165) is 27.5 Å². The number of carbonyl (C=O) groups excluding carboxylic acids is 1. The Labute approximate surface area is 267 Å². The molecule has 4 aromatic carbocycles. The molecule has 6 nitrogen and oxygen atoms in total. The van der Waals surface area contributed by atoms with Gasteiger partial charge in [0.15, 0.2) is 0 Å². The summed E-state index contributed by atoms with van der Waals surface area (Å²) in [5, 5.41) is 14.4. The minimum atomic E-state index is -1.06. The summed E-state index contributed by atoms with van der Waals surface area (Å²) in [7, 11) is 0. The number of carbonyl (C=O) groups is 2. The summed E-state index contributed by atoms with van der Waals surface area (Å²) < 4.78 is 25.1. The molecule has 0 radical (unpaired) electrons. The molecular weight excluding hydrogens is 560 g/mol. The number of carboxylic acid groups (broad SMARTS) is 1. The smallest absolute Gasteiger partial charge is 1.00 e. The third kappa shape index (κ3) is 7.98. The zero-order valence-corrected chi connectivity index (χ0v) is 24.8. The van der Waals surface area contributed by atoms with Crippen molar-refractivity contribution in [3.8, 4) is 22.5 Å². The van der Waals surface area contributed by atoms with Gasteiger partial charge in [-0.2, -0.15) is 11.8 Å². The van der Waals surface area contributed by atoms with Gasteiger partial charge in [-0.15, -0.1) is 0 Å². The number of amides is 1. The first-order valence-electron chi connectivity index (χ1n) is 13.5. The van der Waals surface area contributed by atoms with Crippen LogP contribution in [-0.2, 0) is 22.7 Å². The fourth-order valence-electron chi connectivity index (χ4n) is 4.79. The largest absolute Gasteiger partial charge is 1.00 e. The van der Waals surface area contributed by atoms with Crippen molar-refractivity contribution in [3.63, 3.8) is 0 Å². The molecule has 0 saturated carbocycles. The molecule has 43 heavy (non-hydrogen) atoms. The SMILES string of the molecule is CSCC[C@H](NC(=O)c1ccc(COCc2ccc(-c3ccc(F)cc3)o2)cc1-c1cccc2ccccc12)C(=O)O.[H-].[Li+]. The van der Waals surface area contributed by atoms with Crippen molar-refractivity contribution in [3.05, 3.63) is 120 Å². The van der Waals surface area contributed by atoms with Gasteiger partial charge in [0.1, 0.15) is 30.0 Å². The molecule has 0 aliphatic heterocycles. The number of benzene rings is 4. The van der Waals surface area contributed by atoms with Crippen molar-refractivity contribution in [2.75, 3.05) is 12.0 Å². The van der Waals surface area contributed by atoms with E-state index in [1.807, 2.05) is 73.0 Å². The van der Waals surface area contributed by atoms with Crippen LogP contribution in [0.3, 0.4) is 0 Å². The van der Waals surface area contributed by atoms with Gasteiger partial charge < -0.3 is 21.0 Å². The van der Waals surface area contributed by atoms with Crippen molar-refractivity contribution >= 4 is 34.4 Å². The second kappa shape index (κ2) is 15.1. The number of fused-ring (bicyclic) bond motifs is 1. The van der Waals surface area contributed by atoms with Gasteiger partial charge >= 0.3 is 24.8 Å². The van der Waals surface area contributed by atoms with Crippen LogP contribution in [0.25, 0.3) is 33.2 Å². The van der Waals surface area contributed by atoms with Crippen LogP contribution in [0.15, 0.2) is 101 Å². The molecule has 1 atom stereocenters. The Bertz CT molecular complexity index is 1710. The summed E-state index contributed by atoms with van der Waals surface area (Å²) in [4.78, 5) is 25.3. The van der Waals surface area contributed by atoms with E-state index in [9.17, 15) is 19.1 Å². The van der Waals surface area contributed by atoms with Crippen molar-refractivity contribution in [1.82, 2.24) is 5.32 Å². The van der Waals surface area contributed by atoms with Crippen molar-refractivity contribution in [1.29, 1.82) is 0 Å². The van der Waals surface area contributed by atoms with Crippen LogP contribution in [0.5, 0.6) is 0 Å². The maximum absolute atomic E-state index is 13.5. The Morgan fingerprint density at radius 3 is 2.49 bits per heavy atom. The van der Waals surface area contributed by atoms with Crippen molar-refractivity contribution < 1.29 is 48.5 Å². The second-order valence-electron chi connectivity index (χ2n) is 9.82. The van der Waals surface area contributed by atoms with Crippen molar-refractivity contribution in [2.45, 2.75) is 25.7 Å². The summed E-state index contributed by atoms with van der Waals surface area (Å²) in [5.41, 5.74) is 3.56. The van der Waals surface area contributed by atoms with Crippen molar-refractivity contribution in [2.24, 2.45) is 0 Å². The zero-order valence-electron chi connectivity index (χ0n) is 25.0. The molecule has 0 aliphatic carbocycles. The van der Waals surface area contributed by atoms with Crippen LogP contribution in [0.1, 0.15) is 29.5 Å². The van der Waals surface area contributed by atoms with Crippen LogP contribution < -0.4 is 24.2 Å². The van der Waals surface area contributed by atoms with E-state index in [-0.39, 0.29) is 39.3 Å². The third-order valence-electron chi connectivity index (χ3n) is 6.93. The standard InChI is InChI=1S/C34H30FNO5S.Li.H/c1-42-18-17-31(34(38)39)36-33(37)29-15-9-22(19-30(29)28-8-4-6-23-5-2-3-7-27(23)28)20-40-21-26-14-16-32(41-26)24-10-12-25(35)13-11-24;;/h2-16,19,31H,17-18,20-21H2,1H3,(H,36,37)(H,38,39);;/q;+1;-1/t31-;;/m0../s1. The molecule has 0 fully saturated rings. The van der Waals surface area contributed by atoms with E-state index in [1.54, 1.807) is 18.2 Å². The molecule has 5 rings (SSSR count). The number of furan rings is 1. The number of hydrogen-bond acceptors (Lipinski definition) is 5. The van der Waals surface area contributed by atoms with Crippen LogP contribution >= 0.6 is 11.8 Å². The second-order valence-corrected chi connectivity index (χ2v) is 10.8. The average molecular weight is 592 g/mol. The van der Waals surface area contributed by atoms with E-state index < -0.39 is 17.9 Å². The molecular formula is C34H31FLiNO5S. The number of aliphatic carboxylic acids is 1. The first-order valence-corrected chi connectivity index (χ1v) is 14.9. The summed E-state index contributed by atoms with van der Waals surface area (Å²) in [6, 6.07) is 28.0. The maximum Gasteiger partial charge on any atom is 1.00 e. The quantitative estimate of drug-likeness (QED) is 0.205. The molecule has 0 unspecified atom stereocenters. The zero-order chi connectivity index (χ0) is 29.5. The van der Waals surface area contributed by atoms with Gasteiger partial charge in [-0.1, -0.05) is 48.5 Å². The number of ether oxygens (including phenoxy) is 1. The molecule has 9 heteroatoms. The minimum absolute atomic E-state index is 0. The van der Waals surface area contributed by atoms with E-state index in [0.29, 0.717) is 34.8 Å². The van der Waals surface area contributed by atoms with Gasteiger partial charge in [-0.25, -0.2) is 9.18 Å². The Hall–Kier alpha value is -3.80. The number of thioether (sulfide) groups is 1. The predicted molar refractivity (Wildman–Crippen MR) is 165 cm³/mol. The number of rotatable bonds is 12. The molecule has 5 aromatic rings. The number of carboxylic acids is 1. The molecule has 0 bridgehead atoms. The molecule has 2 N–H and O–H groups in total.